The number of alkyl carbamates (subject to hydrolysis) is 1. The zero-order valence-corrected chi connectivity index (χ0v) is 19.2. The summed E-state index contributed by atoms with van der Waals surface area (Å²) in [7, 11) is 0. The van der Waals surface area contributed by atoms with E-state index in [4.69, 9.17) is 4.74 Å². The van der Waals surface area contributed by atoms with Gasteiger partial charge in [-0.2, -0.15) is 0 Å². The third-order valence-corrected chi connectivity index (χ3v) is 8.56. The van der Waals surface area contributed by atoms with E-state index in [0.29, 0.717) is 17.9 Å². The molecule has 5 heteroatoms. The highest BCUT2D eigenvalue weighted by molar-refractivity contribution is 5.81. The predicted molar refractivity (Wildman–Crippen MR) is 120 cm³/mol. The molecule has 2 spiro atoms. The van der Waals surface area contributed by atoms with Crippen molar-refractivity contribution in [2.75, 3.05) is 19.7 Å². The molecule has 1 N–H and O–H groups in total. The molecule has 0 aromatic heterocycles. The van der Waals surface area contributed by atoms with E-state index in [2.05, 4.69) is 55.3 Å². The standard InChI is InChI=1S/C26H36N2O3/c1-24(2,3)21-6-4-18(5-7-21)19-8-9-25(14-19)10-12-28(13-11-25)22(29)20-15-26(16-20)17-31-23(30)27-26/h4-7,19-20H,8-17H2,1-3H3,(H,27,30). The van der Waals surface area contributed by atoms with Gasteiger partial charge in [-0.25, -0.2) is 4.79 Å². The Labute approximate surface area is 185 Å². The van der Waals surface area contributed by atoms with Crippen LogP contribution in [0, 0.1) is 11.3 Å². The largest absolute Gasteiger partial charge is 0.447 e. The van der Waals surface area contributed by atoms with E-state index in [1.807, 2.05) is 0 Å². The number of carbonyl (C=O) groups excluding carboxylic acids is 2. The van der Waals surface area contributed by atoms with Gasteiger partial charge in [0.15, 0.2) is 0 Å². The molecule has 2 heterocycles. The third kappa shape index (κ3) is 3.85. The lowest BCUT2D eigenvalue weighted by Gasteiger charge is -2.46. The maximum atomic E-state index is 13.0. The third-order valence-electron chi connectivity index (χ3n) is 8.56. The molecule has 4 fully saturated rings. The number of hydrogen-bond donors (Lipinski definition) is 1. The summed E-state index contributed by atoms with van der Waals surface area (Å²) in [5.74, 6) is 0.997. The number of ether oxygens (including phenoxy) is 1. The van der Waals surface area contributed by atoms with E-state index in [1.54, 1.807) is 0 Å². The highest BCUT2D eigenvalue weighted by Gasteiger charge is 2.54. The van der Waals surface area contributed by atoms with E-state index in [1.165, 1.54) is 30.4 Å². The average molecular weight is 425 g/mol. The highest BCUT2D eigenvalue weighted by Crippen LogP contribution is 2.53. The summed E-state index contributed by atoms with van der Waals surface area (Å²) in [4.78, 5) is 26.4. The molecule has 4 aliphatic rings. The maximum Gasteiger partial charge on any atom is 0.407 e. The number of cyclic esters (lactones) is 1. The molecular weight excluding hydrogens is 388 g/mol. The van der Waals surface area contributed by atoms with E-state index in [-0.39, 0.29) is 28.9 Å². The Morgan fingerprint density at radius 2 is 1.74 bits per heavy atom. The van der Waals surface area contributed by atoms with Crippen LogP contribution in [0.15, 0.2) is 24.3 Å². The first-order valence-corrected chi connectivity index (χ1v) is 12.0. The minimum absolute atomic E-state index is 0.0497. The van der Waals surface area contributed by atoms with Gasteiger partial charge in [0.2, 0.25) is 5.91 Å². The fraction of sp³-hybridized carbons (Fsp3) is 0.692. The summed E-state index contributed by atoms with van der Waals surface area (Å²) >= 11 is 0. The number of nitrogens with one attached hydrogen (secondary N) is 1. The molecule has 2 saturated carbocycles. The molecule has 0 bridgehead atoms. The lowest BCUT2D eigenvalue weighted by molar-refractivity contribution is -0.143. The Balaban J connectivity index is 1.14. The number of piperidine rings is 1. The van der Waals surface area contributed by atoms with Gasteiger partial charge in [0.1, 0.15) is 6.61 Å². The van der Waals surface area contributed by atoms with Crippen LogP contribution >= 0.6 is 0 Å². The van der Waals surface area contributed by atoms with E-state index >= 15 is 0 Å². The molecule has 1 unspecified atom stereocenters. The molecule has 31 heavy (non-hydrogen) atoms. The summed E-state index contributed by atoms with van der Waals surface area (Å²) < 4.78 is 5.04. The number of carbonyl (C=O) groups is 2. The van der Waals surface area contributed by atoms with E-state index in [0.717, 1.165) is 38.8 Å². The van der Waals surface area contributed by atoms with Crippen molar-refractivity contribution < 1.29 is 14.3 Å². The van der Waals surface area contributed by atoms with Gasteiger partial charge >= 0.3 is 6.09 Å². The second-order valence-corrected chi connectivity index (χ2v) is 11.7. The number of benzene rings is 1. The Morgan fingerprint density at radius 3 is 2.32 bits per heavy atom. The lowest BCUT2D eigenvalue weighted by Crippen LogP contribution is -2.59. The molecule has 2 aliphatic heterocycles. The molecule has 1 aromatic carbocycles. The van der Waals surface area contributed by atoms with Gasteiger partial charge < -0.3 is 15.0 Å². The van der Waals surface area contributed by atoms with Crippen molar-refractivity contribution in [1.82, 2.24) is 10.2 Å². The quantitative estimate of drug-likeness (QED) is 0.745. The summed E-state index contributed by atoms with van der Waals surface area (Å²) in [5.41, 5.74) is 3.24. The lowest BCUT2D eigenvalue weighted by atomic mass is 9.68. The van der Waals surface area contributed by atoms with Crippen LogP contribution in [0.2, 0.25) is 0 Å². The molecule has 168 valence electrons. The first-order valence-electron chi connectivity index (χ1n) is 12.0. The van der Waals surface area contributed by atoms with Crippen molar-refractivity contribution in [1.29, 1.82) is 0 Å². The van der Waals surface area contributed by atoms with E-state index in [9.17, 15) is 9.59 Å². The molecule has 1 aromatic rings. The summed E-state index contributed by atoms with van der Waals surface area (Å²) in [5, 5.41) is 2.89. The second kappa shape index (κ2) is 7.25. The fourth-order valence-corrected chi connectivity index (χ4v) is 6.43. The number of rotatable bonds is 2. The molecule has 2 aliphatic carbocycles. The van der Waals surface area contributed by atoms with Crippen LogP contribution in [0.25, 0.3) is 0 Å². The van der Waals surface area contributed by atoms with Gasteiger partial charge in [0.25, 0.3) is 0 Å². The molecule has 5 rings (SSSR count). The van der Waals surface area contributed by atoms with Crippen LogP contribution in [0.5, 0.6) is 0 Å². The molecule has 2 saturated heterocycles. The van der Waals surface area contributed by atoms with Crippen molar-refractivity contribution in [2.45, 2.75) is 82.6 Å². The van der Waals surface area contributed by atoms with Crippen molar-refractivity contribution >= 4 is 12.0 Å². The van der Waals surface area contributed by atoms with Gasteiger partial charge in [-0.1, -0.05) is 45.0 Å². The van der Waals surface area contributed by atoms with Gasteiger partial charge in [-0.15, -0.1) is 0 Å². The van der Waals surface area contributed by atoms with Crippen molar-refractivity contribution in [3.8, 4) is 0 Å². The number of nitrogens with zero attached hydrogens (tertiary/aromatic N) is 1. The minimum Gasteiger partial charge on any atom is -0.447 e. The van der Waals surface area contributed by atoms with Crippen LogP contribution in [-0.4, -0.2) is 42.1 Å². The topological polar surface area (TPSA) is 58.6 Å². The Bertz CT molecular complexity index is 856. The van der Waals surface area contributed by atoms with Crippen LogP contribution in [-0.2, 0) is 14.9 Å². The Hall–Kier alpha value is -2.04. The SMILES string of the molecule is CC(C)(C)c1ccc(C2CCC3(CCN(C(=O)C4CC5(COC(=O)N5)C4)CC3)C2)cc1. The van der Waals surface area contributed by atoms with Crippen LogP contribution in [0.4, 0.5) is 4.79 Å². The minimum atomic E-state index is -0.338. The number of likely N-dealkylation sites (tertiary alicyclic amines) is 1. The van der Waals surface area contributed by atoms with E-state index < -0.39 is 0 Å². The summed E-state index contributed by atoms with van der Waals surface area (Å²) in [6.07, 6.45) is 7.21. The van der Waals surface area contributed by atoms with Gasteiger partial charge in [0, 0.05) is 19.0 Å². The van der Waals surface area contributed by atoms with Crippen molar-refractivity contribution in [3.63, 3.8) is 0 Å². The Morgan fingerprint density at radius 1 is 1.06 bits per heavy atom. The average Bonchev–Trinajstić information content (AvgIpc) is 3.31. The molecule has 0 radical (unpaired) electrons. The summed E-state index contributed by atoms with van der Waals surface area (Å²) in [6.45, 7) is 8.99. The fourth-order valence-electron chi connectivity index (χ4n) is 6.43. The van der Waals surface area contributed by atoms with Gasteiger partial charge in [0.05, 0.1) is 5.54 Å². The normalized spacial score (nSPS) is 32.1. The van der Waals surface area contributed by atoms with Crippen molar-refractivity contribution in [3.05, 3.63) is 35.4 Å². The smallest absolute Gasteiger partial charge is 0.407 e. The second-order valence-electron chi connectivity index (χ2n) is 11.7. The van der Waals surface area contributed by atoms with Crippen LogP contribution in [0.3, 0.4) is 0 Å². The summed E-state index contributed by atoms with van der Waals surface area (Å²) in [6, 6.07) is 9.32. The first kappa shape index (κ1) is 20.8. The monoisotopic (exact) mass is 424 g/mol. The molecule has 5 nitrogen and oxygen atoms in total. The highest BCUT2D eigenvalue weighted by atomic mass is 16.6. The molecular formula is C26H36N2O3. The van der Waals surface area contributed by atoms with Crippen LogP contribution < -0.4 is 5.32 Å². The predicted octanol–water partition coefficient (Wildman–Crippen LogP) is 4.75. The maximum absolute atomic E-state index is 13.0. The Kier molecular flexibility index (Phi) is 4.87. The number of hydrogen-bond acceptors (Lipinski definition) is 3. The first-order chi connectivity index (χ1) is 14.7. The molecule has 2 amide bonds. The molecule has 1 atom stereocenters. The zero-order valence-electron chi connectivity index (χ0n) is 19.2. The van der Waals surface area contributed by atoms with Gasteiger partial charge in [-0.3, -0.25) is 4.79 Å². The van der Waals surface area contributed by atoms with Gasteiger partial charge in [-0.05, 0) is 72.8 Å². The van der Waals surface area contributed by atoms with Crippen molar-refractivity contribution in [2.24, 2.45) is 11.3 Å². The zero-order chi connectivity index (χ0) is 21.9. The number of amides is 2. The van der Waals surface area contributed by atoms with Crippen LogP contribution in [0.1, 0.15) is 82.8 Å².